The molecule has 0 heterocycles. The summed E-state index contributed by atoms with van der Waals surface area (Å²) in [4.78, 5) is 0. The fourth-order valence-corrected chi connectivity index (χ4v) is 2.59. The van der Waals surface area contributed by atoms with Gasteiger partial charge >= 0.3 is 0 Å². The normalized spacial score (nSPS) is 17.9. The Bertz CT molecular complexity index is 372. The molecule has 0 radical (unpaired) electrons. The molecular formula is C12H14Cl2OS. The number of halogens is 2. The molecule has 1 fully saturated rings. The van der Waals surface area contributed by atoms with Gasteiger partial charge in [-0.3, -0.25) is 0 Å². The van der Waals surface area contributed by atoms with Crippen LogP contribution >= 0.6 is 35.8 Å². The van der Waals surface area contributed by atoms with Crippen molar-refractivity contribution in [3.05, 3.63) is 28.2 Å². The van der Waals surface area contributed by atoms with Crippen LogP contribution in [0.4, 0.5) is 0 Å². The highest BCUT2D eigenvalue weighted by Crippen LogP contribution is 2.42. The molecule has 4 heteroatoms. The second-order valence-electron chi connectivity index (χ2n) is 4.38. The SMILES string of the molecule is SCC1(COc2cc(Cl)ccc2Cl)CCC1. The fraction of sp³-hybridized carbons (Fsp3) is 0.500. The standard InChI is InChI=1S/C12H14Cl2OS/c13-9-2-3-10(14)11(6-9)15-7-12(8-16)4-1-5-12/h2-3,6,16H,1,4-5,7-8H2. The molecule has 0 saturated heterocycles. The lowest BCUT2D eigenvalue weighted by molar-refractivity contribution is 0.0830. The van der Waals surface area contributed by atoms with Crippen molar-refractivity contribution in [2.24, 2.45) is 5.41 Å². The molecule has 1 aliphatic carbocycles. The fourth-order valence-electron chi connectivity index (χ4n) is 1.84. The average molecular weight is 277 g/mol. The Labute approximate surface area is 111 Å². The molecule has 16 heavy (non-hydrogen) atoms. The predicted molar refractivity (Wildman–Crippen MR) is 72.1 cm³/mol. The van der Waals surface area contributed by atoms with E-state index in [0.717, 1.165) is 5.75 Å². The van der Waals surface area contributed by atoms with Crippen LogP contribution in [0.25, 0.3) is 0 Å². The third-order valence-corrected chi connectivity index (χ3v) is 4.39. The van der Waals surface area contributed by atoms with Crippen molar-refractivity contribution in [1.29, 1.82) is 0 Å². The third-order valence-electron chi connectivity index (χ3n) is 3.18. The lowest BCUT2D eigenvalue weighted by atomic mass is 9.71. The Morgan fingerprint density at radius 1 is 1.31 bits per heavy atom. The largest absolute Gasteiger partial charge is 0.491 e. The molecule has 0 aromatic heterocycles. The molecule has 88 valence electrons. The molecule has 1 aliphatic rings. The zero-order chi connectivity index (χ0) is 11.6. The summed E-state index contributed by atoms with van der Waals surface area (Å²) in [6.45, 7) is 0.677. The highest BCUT2D eigenvalue weighted by molar-refractivity contribution is 7.80. The molecule has 0 spiro atoms. The molecule has 2 rings (SSSR count). The van der Waals surface area contributed by atoms with Crippen LogP contribution in [-0.4, -0.2) is 12.4 Å². The van der Waals surface area contributed by atoms with Crippen molar-refractivity contribution >= 4 is 35.8 Å². The lowest BCUT2D eigenvalue weighted by Gasteiger charge is -2.40. The zero-order valence-electron chi connectivity index (χ0n) is 8.88. The minimum Gasteiger partial charge on any atom is -0.491 e. The number of rotatable bonds is 4. The number of hydrogen-bond donors (Lipinski definition) is 1. The van der Waals surface area contributed by atoms with Gasteiger partial charge in [0.05, 0.1) is 11.6 Å². The van der Waals surface area contributed by atoms with Crippen molar-refractivity contribution in [2.45, 2.75) is 19.3 Å². The quantitative estimate of drug-likeness (QED) is 0.799. The highest BCUT2D eigenvalue weighted by atomic mass is 35.5. The maximum absolute atomic E-state index is 6.03. The third kappa shape index (κ3) is 2.61. The van der Waals surface area contributed by atoms with E-state index in [9.17, 15) is 0 Å². The second kappa shape index (κ2) is 5.07. The molecule has 1 aromatic carbocycles. The highest BCUT2D eigenvalue weighted by Gasteiger charge is 2.36. The molecule has 0 bridgehead atoms. The van der Waals surface area contributed by atoms with E-state index < -0.39 is 0 Å². The maximum atomic E-state index is 6.03. The molecular weight excluding hydrogens is 263 g/mol. The van der Waals surface area contributed by atoms with Crippen LogP contribution in [0, 0.1) is 5.41 Å². The van der Waals surface area contributed by atoms with E-state index in [-0.39, 0.29) is 5.41 Å². The minimum absolute atomic E-state index is 0.245. The molecule has 0 N–H and O–H groups in total. The van der Waals surface area contributed by atoms with E-state index in [1.165, 1.54) is 19.3 Å². The molecule has 1 nitrogen and oxygen atoms in total. The van der Waals surface area contributed by atoms with Gasteiger partial charge in [-0.2, -0.15) is 12.6 Å². The van der Waals surface area contributed by atoms with Crippen molar-refractivity contribution in [3.63, 3.8) is 0 Å². The van der Waals surface area contributed by atoms with Crippen LogP contribution < -0.4 is 4.74 Å². The molecule has 0 aliphatic heterocycles. The topological polar surface area (TPSA) is 9.23 Å². The van der Waals surface area contributed by atoms with Crippen molar-refractivity contribution in [2.75, 3.05) is 12.4 Å². The summed E-state index contributed by atoms with van der Waals surface area (Å²) in [6, 6.07) is 5.27. The Balaban J connectivity index is 2.01. The lowest BCUT2D eigenvalue weighted by Crippen LogP contribution is -2.37. The number of benzene rings is 1. The molecule has 0 atom stereocenters. The van der Waals surface area contributed by atoms with E-state index in [0.29, 0.717) is 22.4 Å². The molecule has 1 saturated carbocycles. The molecule has 1 aromatic rings. The van der Waals surface area contributed by atoms with Gasteiger partial charge < -0.3 is 4.74 Å². The Kier molecular flexibility index (Phi) is 3.93. The predicted octanol–water partition coefficient (Wildman–Crippen LogP) is 4.47. The number of hydrogen-bond acceptors (Lipinski definition) is 2. The summed E-state index contributed by atoms with van der Waals surface area (Å²) >= 11 is 16.3. The van der Waals surface area contributed by atoms with E-state index in [1.54, 1.807) is 18.2 Å². The first-order valence-corrected chi connectivity index (χ1v) is 6.73. The number of ether oxygens (including phenoxy) is 1. The monoisotopic (exact) mass is 276 g/mol. The zero-order valence-corrected chi connectivity index (χ0v) is 11.3. The minimum atomic E-state index is 0.245. The van der Waals surface area contributed by atoms with Crippen LogP contribution in [0.5, 0.6) is 5.75 Å². The average Bonchev–Trinajstić information content (AvgIpc) is 2.22. The van der Waals surface area contributed by atoms with Gasteiger partial charge in [0.15, 0.2) is 0 Å². The summed E-state index contributed by atoms with van der Waals surface area (Å²) in [5, 5.41) is 1.26. The summed E-state index contributed by atoms with van der Waals surface area (Å²) in [5.41, 5.74) is 0.245. The summed E-state index contributed by atoms with van der Waals surface area (Å²) in [7, 11) is 0. The first kappa shape index (κ1) is 12.4. The van der Waals surface area contributed by atoms with Crippen LogP contribution in [0.15, 0.2) is 18.2 Å². The first-order chi connectivity index (χ1) is 7.65. The van der Waals surface area contributed by atoms with E-state index in [1.807, 2.05) is 0 Å². The van der Waals surface area contributed by atoms with Crippen molar-refractivity contribution in [3.8, 4) is 5.75 Å². The Hall–Kier alpha value is -0.0500. The molecule has 0 amide bonds. The van der Waals surface area contributed by atoms with E-state index in [4.69, 9.17) is 27.9 Å². The number of thiol groups is 1. The van der Waals surface area contributed by atoms with Crippen LogP contribution in [0.2, 0.25) is 10.0 Å². The smallest absolute Gasteiger partial charge is 0.139 e. The van der Waals surface area contributed by atoms with E-state index in [2.05, 4.69) is 12.6 Å². The maximum Gasteiger partial charge on any atom is 0.139 e. The van der Waals surface area contributed by atoms with Gasteiger partial charge in [-0.25, -0.2) is 0 Å². The van der Waals surface area contributed by atoms with Gasteiger partial charge in [0.25, 0.3) is 0 Å². The van der Waals surface area contributed by atoms with Gasteiger partial charge in [0.2, 0.25) is 0 Å². The Morgan fingerprint density at radius 2 is 2.06 bits per heavy atom. The van der Waals surface area contributed by atoms with Crippen LogP contribution in [-0.2, 0) is 0 Å². The van der Waals surface area contributed by atoms with Gasteiger partial charge in [-0.15, -0.1) is 0 Å². The second-order valence-corrected chi connectivity index (χ2v) is 5.53. The summed E-state index contributed by atoms with van der Waals surface area (Å²) in [6.07, 6.45) is 3.65. The van der Waals surface area contributed by atoms with Crippen molar-refractivity contribution in [1.82, 2.24) is 0 Å². The summed E-state index contributed by atoms with van der Waals surface area (Å²) in [5.74, 6) is 1.53. The van der Waals surface area contributed by atoms with Gasteiger partial charge in [0, 0.05) is 16.5 Å². The summed E-state index contributed by atoms with van der Waals surface area (Å²) < 4.78 is 5.75. The van der Waals surface area contributed by atoms with Gasteiger partial charge in [0.1, 0.15) is 5.75 Å². The van der Waals surface area contributed by atoms with Crippen molar-refractivity contribution < 1.29 is 4.74 Å². The van der Waals surface area contributed by atoms with Gasteiger partial charge in [-0.1, -0.05) is 29.6 Å². The van der Waals surface area contributed by atoms with Crippen LogP contribution in [0.3, 0.4) is 0 Å². The van der Waals surface area contributed by atoms with Gasteiger partial charge in [-0.05, 0) is 30.7 Å². The molecule has 0 unspecified atom stereocenters. The van der Waals surface area contributed by atoms with Crippen LogP contribution in [0.1, 0.15) is 19.3 Å². The first-order valence-electron chi connectivity index (χ1n) is 5.34. The van der Waals surface area contributed by atoms with E-state index >= 15 is 0 Å². The Morgan fingerprint density at radius 3 is 2.62 bits per heavy atom.